The molecule has 0 saturated heterocycles. The molecular formula is C13H18N4O2. The molecule has 19 heavy (non-hydrogen) atoms. The van der Waals surface area contributed by atoms with Crippen molar-refractivity contribution in [2.75, 3.05) is 11.9 Å². The summed E-state index contributed by atoms with van der Waals surface area (Å²) in [6, 6.07) is 5.67. The van der Waals surface area contributed by atoms with Gasteiger partial charge in [0.15, 0.2) is 0 Å². The Kier molecular flexibility index (Phi) is 4.35. The predicted octanol–water partition coefficient (Wildman–Crippen LogP) is 1.32. The van der Waals surface area contributed by atoms with Gasteiger partial charge in [-0.25, -0.2) is 0 Å². The topological polar surface area (TPSA) is 72.2 Å². The fraction of sp³-hybridized carbons (Fsp3) is 0.385. The number of aliphatic hydroxyl groups excluding tert-OH is 1. The minimum atomic E-state index is -0.0435. The summed E-state index contributed by atoms with van der Waals surface area (Å²) in [5, 5.41) is 20.3. The van der Waals surface area contributed by atoms with Gasteiger partial charge in [-0.3, -0.25) is 4.68 Å². The number of aryl methyl sites for hydroxylation is 1. The van der Waals surface area contributed by atoms with E-state index in [0.29, 0.717) is 13.2 Å². The average molecular weight is 262 g/mol. The van der Waals surface area contributed by atoms with Gasteiger partial charge in [0, 0.05) is 18.3 Å². The minimum absolute atomic E-state index is 0.0435. The van der Waals surface area contributed by atoms with Crippen molar-refractivity contribution in [2.24, 2.45) is 7.05 Å². The molecule has 2 aromatic rings. The van der Waals surface area contributed by atoms with Crippen LogP contribution in [0.5, 0.6) is 5.75 Å². The van der Waals surface area contributed by atoms with E-state index in [1.54, 1.807) is 10.9 Å². The third-order valence-electron chi connectivity index (χ3n) is 2.81. The average Bonchev–Trinajstić information content (AvgIpc) is 2.83. The molecule has 0 atom stereocenters. The summed E-state index contributed by atoms with van der Waals surface area (Å²) >= 11 is 0. The van der Waals surface area contributed by atoms with Crippen molar-refractivity contribution in [1.29, 1.82) is 0 Å². The number of nitrogens with zero attached hydrogens (tertiary/aromatic N) is 3. The van der Waals surface area contributed by atoms with E-state index < -0.39 is 0 Å². The van der Waals surface area contributed by atoms with Crippen LogP contribution in [-0.2, 0) is 20.2 Å². The maximum Gasteiger partial charge on any atom is 0.124 e. The van der Waals surface area contributed by atoms with Crippen molar-refractivity contribution >= 4 is 5.69 Å². The van der Waals surface area contributed by atoms with Gasteiger partial charge < -0.3 is 15.2 Å². The molecule has 102 valence electrons. The molecule has 0 saturated carbocycles. The molecule has 1 aromatic heterocycles. The minimum Gasteiger partial charge on any atom is -0.494 e. The lowest BCUT2D eigenvalue weighted by Crippen LogP contribution is -2.06. The van der Waals surface area contributed by atoms with Crippen LogP contribution in [-0.4, -0.2) is 26.7 Å². The maximum absolute atomic E-state index is 9.33. The molecule has 0 spiro atoms. The van der Waals surface area contributed by atoms with Gasteiger partial charge >= 0.3 is 0 Å². The van der Waals surface area contributed by atoms with Gasteiger partial charge in [-0.15, -0.1) is 5.10 Å². The van der Waals surface area contributed by atoms with Crippen LogP contribution in [0, 0.1) is 0 Å². The van der Waals surface area contributed by atoms with Crippen LogP contribution >= 0.6 is 0 Å². The number of ether oxygens (including phenoxy) is 1. The number of anilines is 1. The monoisotopic (exact) mass is 262 g/mol. The summed E-state index contributed by atoms with van der Waals surface area (Å²) < 4.78 is 7.16. The van der Waals surface area contributed by atoms with Crippen molar-refractivity contribution in [1.82, 2.24) is 15.0 Å². The second kappa shape index (κ2) is 6.19. The van der Waals surface area contributed by atoms with Crippen LogP contribution in [0.4, 0.5) is 5.69 Å². The first-order valence-corrected chi connectivity index (χ1v) is 6.18. The van der Waals surface area contributed by atoms with Crippen LogP contribution in [0.15, 0.2) is 24.4 Å². The number of aromatic nitrogens is 3. The molecule has 6 nitrogen and oxygen atoms in total. The Hall–Kier alpha value is -2.08. The molecule has 6 heteroatoms. The van der Waals surface area contributed by atoms with Crippen molar-refractivity contribution < 1.29 is 9.84 Å². The number of benzene rings is 1. The van der Waals surface area contributed by atoms with Gasteiger partial charge in [0.1, 0.15) is 5.75 Å². The van der Waals surface area contributed by atoms with Crippen LogP contribution in [0.25, 0.3) is 0 Å². The highest BCUT2D eigenvalue weighted by Crippen LogP contribution is 2.23. The predicted molar refractivity (Wildman–Crippen MR) is 71.9 cm³/mol. The Balaban J connectivity index is 2.07. The zero-order valence-corrected chi connectivity index (χ0v) is 11.1. The van der Waals surface area contributed by atoms with Crippen LogP contribution in [0.2, 0.25) is 0 Å². The van der Waals surface area contributed by atoms with Gasteiger partial charge in [0.05, 0.1) is 31.6 Å². The van der Waals surface area contributed by atoms with Gasteiger partial charge in [0.25, 0.3) is 0 Å². The Labute approximate surface area is 112 Å². The number of hydrogen-bond acceptors (Lipinski definition) is 5. The second-order valence-electron chi connectivity index (χ2n) is 4.12. The van der Waals surface area contributed by atoms with Crippen LogP contribution in [0.3, 0.4) is 0 Å². The number of aliphatic hydroxyl groups is 1. The molecular weight excluding hydrogens is 244 g/mol. The largest absolute Gasteiger partial charge is 0.494 e. The lowest BCUT2D eigenvalue weighted by molar-refractivity contribution is 0.267. The highest BCUT2D eigenvalue weighted by Gasteiger charge is 2.05. The van der Waals surface area contributed by atoms with Gasteiger partial charge in [-0.05, 0) is 25.1 Å². The van der Waals surface area contributed by atoms with E-state index in [1.165, 1.54) is 0 Å². The summed E-state index contributed by atoms with van der Waals surface area (Å²) in [4.78, 5) is 0. The zero-order chi connectivity index (χ0) is 13.7. The quantitative estimate of drug-likeness (QED) is 0.821. The number of rotatable bonds is 6. The van der Waals surface area contributed by atoms with Gasteiger partial charge in [0.2, 0.25) is 0 Å². The smallest absolute Gasteiger partial charge is 0.124 e. The Bertz CT molecular complexity index is 539. The third kappa shape index (κ3) is 3.23. The SMILES string of the molecule is CCOc1ccc(NCc2cnnn2C)cc1CO. The van der Waals surface area contributed by atoms with E-state index in [-0.39, 0.29) is 6.61 Å². The van der Waals surface area contributed by atoms with Crippen LogP contribution < -0.4 is 10.1 Å². The first-order valence-electron chi connectivity index (χ1n) is 6.18. The standard InChI is InChI=1S/C13H18N4O2/c1-3-19-13-5-4-11(6-10(13)9-18)14-7-12-8-15-16-17(12)2/h4-6,8,14,18H,3,7,9H2,1-2H3. The third-order valence-corrected chi connectivity index (χ3v) is 2.81. The van der Waals surface area contributed by atoms with E-state index in [0.717, 1.165) is 22.7 Å². The molecule has 0 radical (unpaired) electrons. The van der Waals surface area contributed by atoms with E-state index in [9.17, 15) is 5.11 Å². The molecule has 0 fully saturated rings. The highest BCUT2D eigenvalue weighted by atomic mass is 16.5. The van der Waals surface area contributed by atoms with E-state index in [4.69, 9.17) is 4.74 Å². The molecule has 1 heterocycles. The molecule has 2 N–H and O–H groups in total. The van der Waals surface area contributed by atoms with Gasteiger partial charge in [-0.1, -0.05) is 5.21 Å². The lowest BCUT2D eigenvalue weighted by atomic mass is 10.2. The first-order chi connectivity index (χ1) is 9.24. The Morgan fingerprint density at radius 2 is 2.26 bits per heavy atom. The summed E-state index contributed by atoms with van der Waals surface area (Å²) in [6.45, 7) is 3.09. The molecule has 0 aliphatic heterocycles. The second-order valence-corrected chi connectivity index (χ2v) is 4.12. The van der Waals surface area contributed by atoms with Crippen molar-refractivity contribution in [3.8, 4) is 5.75 Å². The molecule has 0 bridgehead atoms. The summed E-state index contributed by atoms with van der Waals surface area (Å²) in [6.07, 6.45) is 1.72. The summed E-state index contributed by atoms with van der Waals surface area (Å²) in [7, 11) is 1.85. The van der Waals surface area contributed by atoms with E-state index in [1.807, 2.05) is 32.2 Å². The fourth-order valence-electron chi connectivity index (χ4n) is 1.77. The Morgan fingerprint density at radius 3 is 2.89 bits per heavy atom. The highest BCUT2D eigenvalue weighted by molar-refractivity contribution is 5.51. The molecule has 0 aliphatic rings. The molecule has 0 amide bonds. The molecule has 2 rings (SSSR count). The number of hydrogen-bond donors (Lipinski definition) is 2. The maximum atomic E-state index is 9.33. The van der Waals surface area contributed by atoms with Crippen molar-refractivity contribution in [2.45, 2.75) is 20.1 Å². The normalized spacial score (nSPS) is 10.5. The lowest BCUT2D eigenvalue weighted by Gasteiger charge is -2.11. The van der Waals surface area contributed by atoms with Crippen LogP contribution in [0.1, 0.15) is 18.2 Å². The number of nitrogens with one attached hydrogen (secondary N) is 1. The fourth-order valence-corrected chi connectivity index (χ4v) is 1.77. The van der Waals surface area contributed by atoms with E-state index >= 15 is 0 Å². The Morgan fingerprint density at radius 1 is 1.42 bits per heavy atom. The van der Waals surface area contributed by atoms with Crippen molar-refractivity contribution in [3.63, 3.8) is 0 Å². The van der Waals surface area contributed by atoms with Crippen molar-refractivity contribution in [3.05, 3.63) is 35.7 Å². The summed E-state index contributed by atoms with van der Waals surface area (Å²) in [5.41, 5.74) is 2.68. The van der Waals surface area contributed by atoms with E-state index in [2.05, 4.69) is 15.6 Å². The first kappa shape index (κ1) is 13.4. The molecule has 1 aromatic carbocycles. The molecule has 0 aliphatic carbocycles. The van der Waals surface area contributed by atoms with Gasteiger partial charge in [-0.2, -0.15) is 0 Å². The summed E-state index contributed by atoms with van der Waals surface area (Å²) in [5.74, 6) is 0.720. The zero-order valence-electron chi connectivity index (χ0n) is 11.1. The molecule has 0 unspecified atom stereocenters.